The van der Waals surface area contributed by atoms with Gasteiger partial charge in [0.25, 0.3) is 11.8 Å². The molecule has 0 atom stereocenters. The van der Waals surface area contributed by atoms with Crippen molar-refractivity contribution in [1.29, 1.82) is 0 Å². The van der Waals surface area contributed by atoms with Crippen molar-refractivity contribution in [2.45, 2.75) is 6.92 Å². The minimum atomic E-state index is -0.364. The quantitative estimate of drug-likeness (QED) is 0.155. The van der Waals surface area contributed by atoms with E-state index in [1.165, 1.54) is 6.07 Å². The van der Waals surface area contributed by atoms with Crippen LogP contribution in [0.4, 0.5) is 5.69 Å². The first-order chi connectivity index (χ1) is 19.3. The average molecular weight is 588 g/mol. The molecule has 0 radical (unpaired) electrons. The second-order valence-electron chi connectivity index (χ2n) is 8.87. The van der Waals surface area contributed by atoms with Crippen molar-refractivity contribution in [2.24, 2.45) is 5.10 Å². The number of rotatable bonds is 6. The molecule has 1 heterocycles. The Morgan fingerprint density at radius 1 is 0.750 bits per heavy atom. The maximum absolute atomic E-state index is 13.3. The molecule has 5 rings (SSSR count). The maximum atomic E-state index is 13.3. The predicted octanol–water partition coefficient (Wildman–Crippen LogP) is 8.27. The highest BCUT2D eigenvalue weighted by molar-refractivity contribution is 6.37. The number of carbonyl (C=O) groups excluding carboxylic acids is 2. The van der Waals surface area contributed by atoms with E-state index < -0.39 is 0 Å². The van der Waals surface area contributed by atoms with Crippen molar-refractivity contribution in [3.05, 3.63) is 129 Å². The second-order valence-corrected chi connectivity index (χ2v) is 10.2. The molecule has 0 aliphatic carbocycles. The fraction of sp³-hybridized carbons (Fsp3) is 0.0323. The lowest BCUT2D eigenvalue weighted by Gasteiger charge is -2.10. The third-order valence-electron chi connectivity index (χ3n) is 6.16. The molecule has 0 saturated heterocycles. The smallest absolute Gasteiger partial charge is 0.272 e. The third kappa shape index (κ3) is 6.15. The summed E-state index contributed by atoms with van der Waals surface area (Å²) in [6.07, 6.45) is 0. The number of hydrogen-bond donors (Lipinski definition) is 2. The molecule has 5 aromatic rings. The lowest BCUT2D eigenvalue weighted by molar-refractivity contribution is 0.0955. The summed E-state index contributed by atoms with van der Waals surface area (Å²) < 4.78 is 0. The number of nitrogens with zero attached hydrogens (tertiary/aromatic N) is 2. The molecule has 0 spiro atoms. The Morgan fingerprint density at radius 2 is 1.45 bits per heavy atom. The van der Waals surface area contributed by atoms with Crippen LogP contribution in [-0.2, 0) is 0 Å². The van der Waals surface area contributed by atoms with Crippen LogP contribution in [-0.4, -0.2) is 22.5 Å². The van der Waals surface area contributed by atoms with Crippen LogP contribution < -0.4 is 10.7 Å². The molecular formula is C31H21Cl3N4O2. The molecule has 9 heteroatoms. The number of benzene rings is 4. The van der Waals surface area contributed by atoms with Crippen molar-refractivity contribution in [1.82, 2.24) is 10.4 Å². The van der Waals surface area contributed by atoms with E-state index in [1.54, 1.807) is 61.5 Å². The first kappa shape index (κ1) is 27.3. The lowest BCUT2D eigenvalue weighted by Crippen LogP contribution is -2.20. The van der Waals surface area contributed by atoms with Crippen LogP contribution in [0, 0.1) is 0 Å². The lowest BCUT2D eigenvalue weighted by atomic mass is 10.0. The number of fused-ring (bicyclic) bond motifs is 1. The Balaban J connectivity index is 1.33. The average Bonchev–Trinajstić information content (AvgIpc) is 2.95. The van der Waals surface area contributed by atoms with Crippen molar-refractivity contribution in [3.63, 3.8) is 0 Å². The van der Waals surface area contributed by atoms with Gasteiger partial charge < -0.3 is 5.32 Å². The number of nitrogens with one attached hydrogen (secondary N) is 2. The first-order valence-electron chi connectivity index (χ1n) is 12.2. The highest BCUT2D eigenvalue weighted by Gasteiger charge is 2.15. The molecule has 198 valence electrons. The molecular weight excluding hydrogens is 567 g/mol. The molecule has 2 amide bonds. The van der Waals surface area contributed by atoms with Gasteiger partial charge in [-0.05, 0) is 67.1 Å². The van der Waals surface area contributed by atoms with Crippen LogP contribution in [0.2, 0.25) is 15.1 Å². The predicted molar refractivity (Wildman–Crippen MR) is 163 cm³/mol. The Labute approximate surface area is 245 Å². The molecule has 1 aromatic heterocycles. The van der Waals surface area contributed by atoms with Gasteiger partial charge in [-0.1, -0.05) is 77.3 Å². The molecule has 40 heavy (non-hydrogen) atoms. The van der Waals surface area contributed by atoms with Gasteiger partial charge in [0.05, 0.1) is 33.1 Å². The largest absolute Gasteiger partial charge is 0.322 e. The minimum Gasteiger partial charge on any atom is -0.322 e. The van der Waals surface area contributed by atoms with Crippen LogP contribution in [0.1, 0.15) is 33.2 Å². The van der Waals surface area contributed by atoms with Crippen molar-refractivity contribution < 1.29 is 9.59 Å². The SMILES string of the molecule is C/C(=N\NC(=O)c1cc(-c2ccc(Cl)cc2)nc2ccccc12)c1ccc(NC(=O)c2ccc(Cl)cc2Cl)cc1. The van der Waals surface area contributed by atoms with E-state index in [1.807, 2.05) is 36.4 Å². The van der Waals surface area contributed by atoms with E-state index in [2.05, 4.69) is 15.8 Å². The summed E-state index contributed by atoms with van der Waals surface area (Å²) in [5.74, 6) is -0.716. The Hall–Kier alpha value is -4.23. The van der Waals surface area contributed by atoms with Gasteiger partial charge in [0.2, 0.25) is 0 Å². The van der Waals surface area contributed by atoms with Crippen LogP contribution in [0.25, 0.3) is 22.2 Å². The molecule has 0 aliphatic rings. The van der Waals surface area contributed by atoms with Gasteiger partial charge in [0, 0.05) is 26.7 Å². The number of hydrogen-bond acceptors (Lipinski definition) is 4. The van der Waals surface area contributed by atoms with Gasteiger partial charge in [0.15, 0.2) is 0 Å². The number of halogens is 3. The maximum Gasteiger partial charge on any atom is 0.272 e. The molecule has 4 aromatic carbocycles. The fourth-order valence-corrected chi connectivity index (χ4v) is 4.68. The van der Waals surface area contributed by atoms with Crippen molar-refractivity contribution in [3.8, 4) is 11.3 Å². The van der Waals surface area contributed by atoms with Crippen LogP contribution in [0.5, 0.6) is 0 Å². The summed E-state index contributed by atoms with van der Waals surface area (Å²) in [6.45, 7) is 1.78. The summed E-state index contributed by atoms with van der Waals surface area (Å²) in [6, 6.07) is 28.2. The van der Waals surface area contributed by atoms with Gasteiger partial charge >= 0.3 is 0 Å². The number of anilines is 1. The summed E-state index contributed by atoms with van der Waals surface area (Å²) in [5.41, 5.74) is 7.55. The summed E-state index contributed by atoms with van der Waals surface area (Å²) in [5, 5.41) is 9.17. The molecule has 0 saturated carbocycles. The zero-order chi connectivity index (χ0) is 28.2. The molecule has 0 bridgehead atoms. The summed E-state index contributed by atoms with van der Waals surface area (Å²) in [7, 11) is 0. The molecule has 6 nitrogen and oxygen atoms in total. The summed E-state index contributed by atoms with van der Waals surface area (Å²) in [4.78, 5) is 30.6. The van der Waals surface area contributed by atoms with Gasteiger partial charge in [-0.15, -0.1) is 0 Å². The standard InChI is InChI=1S/C31H21Cl3N4O2/c1-18(19-8-13-23(14-9-19)35-30(39)25-15-12-22(33)16-27(25)34)37-38-31(40)26-17-29(20-6-10-21(32)11-7-20)36-28-5-3-2-4-24(26)28/h2-17H,1H3,(H,35,39)(H,38,40)/b37-18+. The van der Waals surface area contributed by atoms with E-state index in [4.69, 9.17) is 39.8 Å². The number of amides is 2. The minimum absolute atomic E-state index is 0.266. The summed E-state index contributed by atoms with van der Waals surface area (Å²) >= 11 is 18.1. The van der Waals surface area contributed by atoms with E-state index in [0.29, 0.717) is 49.2 Å². The zero-order valence-corrected chi connectivity index (χ0v) is 23.4. The number of para-hydroxylation sites is 1. The van der Waals surface area contributed by atoms with E-state index in [-0.39, 0.29) is 16.8 Å². The third-order valence-corrected chi connectivity index (χ3v) is 6.96. The Bertz CT molecular complexity index is 1770. The topological polar surface area (TPSA) is 83.4 Å². The monoisotopic (exact) mass is 586 g/mol. The van der Waals surface area contributed by atoms with Crippen molar-refractivity contribution >= 4 is 68.9 Å². The second kappa shape index (κ2) is 11.9. The molecule has 0 fully saturated rings. The van der Waals surface area contributed by atoms with Crippen LogP contribution in [0.3, 0.4) is 0 Å². The zero-order valence-electron chi connectivity index (χ0n) is 21.1. The molecule has 0 aliphatic heterocycles. The van der Waals surface area contributed by atoms with E-state index in [0.717, 1.165) is 11.1 Å². The van der Waals surface area contributed by atoms with Crippen LogP contribution >= 0.6 is 34.8 Å². The van der Waals surface area contributed by atoms with Gasteiger partial charge in [-0.25, -0.2) is 10.4 Å². The fourth-order valence-electron chi connectivity index (χ4n) is 4.06. The number of aromatic nitrogens is 1. The number of pyridine rings is 1. The number of hydrazone groups is 1. The van der Waals surface area contributed by atoms with E-state index >= 15 is 0 Å². The Kier molecular flexibility index (Phi) is 8.12. The van der Waals surface area contributed by atoms with Crippen molar-refractivity contribution in [2.75, 3.05) is 5.32 Å². The first-order valence-corrected chi connectivity index (χ1v) is 13.3. The Morgan fingerprint density at radius 3 is 2.17 bits per heavy atom. The van der Waals surface area contributed by atoms with E-state index in [9.17, 15) is 9.59 Å². The number of carbonyl (C=O) groups is 2. The molecule has 2 N–H and O–H groups in total. The molecule has 0 unspecified atom stereocenters. The highest BCUT2D eigenvalue weighted by Crippen LogP contribution is 2.26. The van der Waals surface area contributed by atoms with Crippen LogP contribution in [0.15, 0.2) is 102 Å². The van der Waals surface area contributed by atoms with Gasteiger partial charge in [0.1, 0.15) is 0 Å². The van der Waals surface area contributed by atoms with Gasteiger partial charge in [-0.3, -0.25) is 9.59 Å². The van der Waals surface area contributed by atoms with Gasteiger partial charge in [-0.2, -0.15) is 5.10 Å². The normalized spacial score (nSPS) is 11.3. The highest BCUT2D eigenvalue weighted by atomic mass is 35.5.